The Bertz CT molecular complexity index is 422. The Morgan fingerprint density at radius 2 is 2.06 bits per heavy atom. The van der Waals surface area contributed by atoms with Crippen molar-refractivity contribution in [3.63, 3.8) is 0 Å². The molecule has 1 N–H and O–H groups in total. The molecule has 17 heavy (non-hydrogen) atoms. The fraction of sp³-hybridized carbons (Fsp3) is 0.222. The molecule has 0 radical (unpaired) electrons. The molecule has 1 amide bonds. The first kappa shape index (κ1) is 13.9. The van der Waals surface area contributed by atoms with Gasteiger partial charge in [0, 0.05) is 4.47 Å². The van der Waals surface area contributed by atoms with Crippen molar-refractivity contribution in [2.24, 2.45) is 0 Å². The van der Waals surface area contributed by atoms with Crippen LogP contribution in [0.1, 0.15) is 10.4 Å². The first-order valence-corrected chi connectivity index (χ1v) is 5.03. The summed E-state index contributed by atoms with van der Waals surface area (Å²) in [5.41, 5.74) is 1.09. The van der Waals surface area contributed by atoms with Gasteiger partial charge in [-0.2, -0.15) is 13.2 Å². The first-order valence-electron chi connectivity index (χ1n) is 4.23. The van der Waals surface area contributed by atoms with E-state index in [2.05, 4.69) is 20.8 Å². The van der Waals surface area contributed by atoms with Crippen LogP contribution in [0.4, 0.5) is 17.6 Å². The summed E-state index contributed by atoms with van der Waals surface area (Å²) in [6.45, 7) is -1.64. The van der Waals surface area contributed by atoms with Crippen molar-refractivity contribution in [1.82, 2.24) is 5.48 Å². The Balaban J connectivity index is 2.59. The molecule has 0 aliphatic carbocycles. The van der Waals surface area contributed by atoms with E-state index >= 15 is 0 Å². The van der Waals surface area contributed by atoms with E-state index in [1.165, 1.54) is 11.5 Å². The standard InChI is InChI=1S/C9H6BrF4NO2/c10-5-1-2-6(7(11)3-5)8(16)15-17-4-9(12,13)14/h1-3H,4H2,(H,15,16). The molecule has 0 bridgehead atoms. The lowest BCUT2D eigenvalue weighted by atomic mass is 10.2. The lowest BCUT2D eigenvalue weighted by Gasteiger charge is -2.08. The van der Waals surface area contributed by atoms with Gasteiger partial charge in [0.05, 0.1) is 5.56 Å². The van der Waals surface area contributed by atoms with Crippen molar-refractivity contribution in [3.05, 3.63) is 34.1 Å². The molecule has 8 heteroatoms. The maximum atomic E-state index is 13.2. The molecule has 1 aromatic rings. The van der Waals surface area contributed by atoms with Gasteiger partial charge >= 0.3 is 6.18 Å². The van der Waals surface area contributed by atoms with E-state index in [1.807, 2.05) is 0 Å². The molecule has 0 unspecified atom stereocenters. The van der Waals surface area contributed by atoms with E-state index in [1.54, 1.807) is 0 Å². The summed E-state index contributed by atoms with van der Waals surface area (Å²) in [4.78, 5) is 15.1. The Kier molecular flexibility index (Phi) is 4.47. The number of alkyl halides is 3. The number of hydrogen-bond acceptors (Lipinski definition) is 2. The highest BCUT2D eigenvalue weighted by atomic mass is 79.9. The summed E-state index contributed by atoms with van der Waals surface area (Å²) in [5, 5.41) is 0. The number of amides is 1. The van der Waals surface area contributed by atoms with Crippen molar-refractivity contribution >= 4 is 21.8 Å². The minimum absolute atomic E-state index is 0.405. The third-order valence-corrected chi connectivity index (χ3v) is 2.07. The third kappa shape index (κ3) is 4.70. The molecule has 0 atom stereocenters. The number of nitrogens with one attached hydrogen (secondary N) is 1. The monoisotopic (exact) mass is 315 g/mol. The van der Waals surface area contributed by atoms with Gasteiger partial charge in [0.15, 0.2) is 6.61 Å². The number of carbonyl (C=O) groups is 1. The number of hydroxylamine groups is 1. The van der Waals surface area contributed by atoms with Gasteiger partial charge in [-0.3, -0.25) is 9.63 Å². The summed E-state index contributed by atoms with van der Waals surface area (Å²) >= 11 is 2.97. The van der Waals surface area contributed by atoms with Gasteiger partial charge in [0.1, 0.15) is 5.82 Å². The van der Waals surface area contributed by atoms with Gasteiger partial charge in [-0.15, -0.1) is 0 Å². The van der Waals surface area contributed by atoms with E-state index in [0.717, 1.165) is 12.1 Å². The van der Waals surface area contributed by atoms with Gasteiger partial charge in [-0.25, -0.2) is 9.87 Å². The summed E-state index contributed by atoms with van der Waals surface area (Å²) in [7, 11) is 0. The molecule has 1 aromatic carbocycles. The average Bonchev–Trinajstić information content (AvgIpc) is 2.15. The molecule has 0 aliphatic heterocycles. The minimum atomic E-state index is -4.56. The highest BCUT2D eigenvalue weighted by molar-refractivity contribution is 9.10. The minimum Gasteiger partial charge on any atom is -0.267 e. The smallest absolute Gasteiger partial charge is 0.267 e. The molecule has 3 nitrogen and oxygen atoms in total. The molecule has 0 aromatic heterocycles. The summed E-state index contributed by atoms with van der Waals surface area (Å²) in [6, 6.07) is 3.51. The van der Waals surface area contributed by atoms with Gasteiger partial charge < -0.3 is 0 Å². The predicted molar refractivity (Wildman–Crippen MR) is 53.6 cm³/mol. The third-order valence-electron chi connectivity index (χ3n) is 1.58. The number of halogens is 5. The molecule has 0 heterocycles. The molecule has 1 rings (SSSR count). The van der Waals surface area contributed by atoms with Crippen LogP contribution in [0.5, 0.6) is 0 Å². The fourth-order valence-electron chi connectivity index (χ4n) is 0.912. The summed E-state index contributed by atoms with van der Waals surface area (Å²) in [5.74, 6) is -1.95. The second-order valence-electron chi connectivity index (χ2n) is 2.96. The van der Waals surface area contributed by atoms with E-state index in [4.69, 9.17) is 0 Å². The number of hydrogen-bond donors (Lipinski definition) is 1. The molecule has 0 aliphatic rings. The zero-order chi connectivity index (χ0) is 13.1. The van der Waals surface area contributed by atoms with Crippen molar-refractivity contribution in [2.45, 2.75) is 6.18 Å². The van der Waals surface area contributed by atoms with Gasteiger partial charge in [0.25, 0.3) is 5.91 Å². The SMILES string of the molecule is O=C(NOCC(F)(F)F)c1ccc(Br)cc1F. The van der Waals surface area contributed by atoms with E-state index in [-0.39, 0.29) is 0 Å². The second-order valence-corrected chi connectivity index (χ2v) is 3.87. The van der Waals surface area contributed by atoms with Crippen LogP contribution in [0.2, 0.25) is 0 Å². The van der Waals surface area contributed by atoms with Crippen LogP contribution in [0.15, 0.2) is 22.7 Å². The van der Waals surface area contributed by atoms with E-state index < -0.39 is 30.1 Å². The van der Waals surface area contributed by atoms with Crippen LogP contribution < -0.4 is 5.48 Å². The topological polar surface area (TPSA) is 38.3 Å². The fourth-order valence-corrected chi connectivity index (χ4v) is 1.25. The van der Waals surface area contributed by atoms with Crippen LogP contribution >= 0.6 is 15.9 Å². The Morgan fingerprint density at radius 3 is 2.59 bits per heavy atom. The summed E-state index contributed by atoms with van der Waals surface area (Å²) in [6.07, 6.45) is -4.56. The van der Waals surface area contributed by atoms with Crippen LogP contribution in [-0.2, 0) is 4.84 Å². The number of rotatable bonds is 3. The Morgan fingerprint density at radius 1 is 1.41 bits per heavy atom. The largest absolute Gasteiger partial charge is 0.414 e. The molecular weight excluding hydrogens is 310 g/mol. The second kappa shape index (κ2) is 5.46. The maximum absolute atomic E-state index is 13.2. The number of benzene rings is 1. The van der Waals surface area contributed by atoms with Crippen LogP contribution in [0.3, 0.4) is 0 Å². The van der Waals surface area contributed by atoms with Gasteiger partial charge in [0.2, 0.25) is 0 Å². The highest BCUT2D eigenvalue weighted by Crippen LogP contribution is 2.16. The zero-order valence-corrected chi connectivity index (χ0v) is 9.73. The molecular formula is C9H6BrF4NO2. The zero-order valence-electron chi connectivity index (χ0n) is 8.15. The quantitative estimate of drug-likeness (QED) is 0.688. The average molecular weight is 316 g/mol. The normalized spacial score (nSPS) is 11.4. The predicted octanol–water partition coefficient (Wildman–Crippen LogP) is 2.81. The van der Waals surface area contributed by atoms with Crippen molar-refractivity contribution in [1.29, 1.82) is 0 Å². The van der Waals surface area contributed by atoms with Crippen LogP contribution in [0.25, 0.3) is 0 Å². The lowest BCUT2D eigenvalue weighted by molar-refractivity contribution is -0.184. The Hall–Kier alpha value is -1.15. The first-order chi connectivity index (χ1) is 7.79. The van der Waals surface area contributed by atoms with Crippen LogP contribution in [0, 0.1) is 5.82 Å². The van der Waals surface area contributed by atoms with Crippen molar-refractivity contribution < 1.29 is 27.2 Å². The lowest BCUT2D eigenvalue weighted by Crippen LogP contribution is -2.30. The van der Waals surface area contributed by atoms with Gasteiger partial charge in [-0.1, -0.05) is 15.9 Å². The van der Waals surface area contributed by atoms with Gasteiger partial charge in [-0.05, 0) is 18.2 Å². The summed E-state index contributed by atoms with van der Waals surface area (Å²) < 4.78 is 48.7. The molecule has 0 saturated heterocycles. The maximum Gasteiger partial charge on any atom is 0.414 e. The van der Waals surface area contributed by atoms with E-state index in [9.17, 15) is 22.4 Å². The molecule has 0 spiro atoms. The Labute approximate surface area is 102 Å². The number of carbonyl (C=O) groups excluding carboxylic acids is 1. The molecule has 94 valence electrons. The highest BCUT2D eigenvalue weighted by Gasteiger charge is 2.28. The van der Waals surface area contributed by atoms with E-state index in [0.29, 0.717) is 4.47 Å². The van der Waals surface area contributed by atoms with Crippen molar-refractivity contribution in [3.8, 4) is 0 Å². The molecule has 0 fully saturated rings. The molecule has 0 saturated carbocycles. The van der Waals surface area contributed by atoms with Crippen molar-refractivity contribution in [2.75, 3.05) is 6.61 Å². The van der Waals surface area contributed by atoms with Crippen LogP contribution in [-0.4, -0.2) is 18.7 Å².